The maximum Gasteiger partial charge on any atom is 0.123 e. The Morgan fingerprint density at radius 1 is 1.17 bits per heavy atom. The van der Waals surface area contributed by atoms with E-state index in [9.17, 15) is 5.11 Å². The molecule has 1 N–H and O–H groups in total. The van der Waals surface area contributed by atoms with Gasteiger partial charge in [-0.15, -0.1) is 11.3 Å². The lowest BCUT2D eigenvalue weighted by atomic mass is 10.2. The second-order valence-electron chi connectivity index (χ2n) is 4.05. The van der Waals surface area contributed by atoms with E-state index >= 15 is 0 Å². The topological polar surface area (TPSA) is 33.1 Å². The summed E-state index contributed by atoms with van der Waals surface area (Å²) in [6.07, 6.45) is 1.18. The lowest BCUT2D eigenvalue weighted by Gasteiger charge is -2.11. The van der Waals surface area contributed by atoms with Gasteiger partial charge < -0.3 is 5.11 Å². The Bertz CT molecular complexity index is 613. The molecular weight excluding hydrogens is 242 g/mol. The fraction of sp³-hybridized carbons (Fsp3) is 0.0667. The predicted octanol–water partition coefficient (Wildman–Crippen LogP) is 3.61. The summed E-state index contributed by atoms with van der Waals surface area (Å²) in [6, 6.07) is 17.7. The molecule has 0 saturated heterocycles. The van der Waals surface area contributed by atoms with Crippen molar-refractivity contribution in [1.82, 2.24) is 4.98 Å². The zero-order chi connectivity index (χ0) is 12.4. The van der Waals surface area contributed by atoms with Gasteiger partial charge in [0.15, 0.2) is 0 Å². The Kier molecular flexibility index (Phi) is 3.00. The minimum Gasteiger partial charge on any atom is -0.396 e. The van der Waals surface area contributed by atoms with Gasteiger partial charge in [0.1, 0.15) is 5.01 Å². The molecule has 0 aliphatic heterocycles. The molecule has 1 aromatic heterocycles. The number of nitrogens with zero attached hydrogens (tertiary/aromatic N) is 1. The van der Waals surface area contributed by atoms with Crippen molar-refractivity contribution in [3.05, 3.63) is 71.2 Å². The molecule has 90 valence electrons. The summed E-state index contributed by atoms with van der Waals surface area (Å²) in [7, 11) is 0. The monoisotopic (exact) mass is 254 g/mol. The van der Waals surface area contributed by atoms with Crippen molar-refractivity contribution in [2.45, 2.75) is 6.10 Å². The number of aliphatic hydroxyl groups excluding tert-OH is 1. The van der Waals surface area contributed by atoms with Crippen LogP contribution < -0.4 is 0 Å². The first-order valence-corrected chi connectivity index (χ1v) is 6.57. The smallest absolute Gasteiger partial charge is 0.123 e. The van der Waals surface area contributed by atoms with Crippen molar-refractivity contribution in [3.8, 4) is 10.6 Å². The van der Waals surface area contributed by atoms with Crippen molar-refractivity contribution in [3.63, 3.8) is 0 Å². The molecule has 0 radical (unpaired) electrons. The van der Waals surface area contributed by atoms with Crippen LogP contribution in [0.25, 0.3) is 10.6 Å². The number of hydrogen-bond donors (Lipinski definition) is 1. The van der Waals surface area contributed by atoms with Crippen LogP contribution in [0.2, 0.25) is 0 Å². The lowest BCUT2D eigenvalue weighted by Crippen LogP contribution is -1.93. The molecule has 3 aromatic rings. The summed E-state index contributed by atoms with van der Waals surface area (Å²) < 4.78 is 0. The van der Waals surface area contributed by atoms with Gasteiger partial charge in [0.2, 0.25) is 0 Å². The Morgan fingerprint density at radius 3 is 2.72 bits per heavy atom. The summed E-state index contributed by atoms with van der Waals surface area (Å²) in [5.41, 5.74) is 2.00. The quantitative estimate of drug-likeness (QED) is 0.724. The third-order valence-corrected chi connectivity index (χ3v) is 3.92. The largest absolute Gasteiger partial charge is 0.396 e. The van der Waals surface area contributed by atoms with Gasteiger partial charge in [-0.2, -0.15) is 23.8 Å². The van der Waals surface area contributed by atoms with Gasteiger partial charge in [-0.05, 0) is 0 Å². The summed E-state index contributed by atoms with van der Waals surface area (Å²) in [5, 5.41) is 11.2. The first kappa shape index (κ1) is 11.3. The minimum absolute atomic E-state index is 0.574. The maximum atomic E-state index is 10.2. The highest BCUT2D eigenvalue weighted by Crippen LogP contribution is 2.31. The Morgan fingerprint density at radius 2 is 2.00 bits per heavy atom. The standard InChI is InChI=1S/C15H12NOS/c17-14(11-6-4-5-7-11)13-10-16-15(18-13)12-8-2-1-3-9-12/h1-10,14,17H/q-1. The van der Waals surface area contributed by atoms with Crippen molar-refractivity contribution >= 4 is 11.3 Å². The van der Waals surface area contributed by atoms with Crippen LogP contribution in [-0.4, -0.2) is 10.1 Å². The summed E-state index contributed by atoms with van der Waals surface area (Å²) in [6.45, 7) is 0. The Hall–Kier alpha value is -1.84. The van der Waals surface area contributed by atoms with E-state index in [1.54, 1.807) is 6.20 Å². The normalized spacial score (nSPS) is 12.5. The van der Waals surface area contributed by atoms with Gasteiger partial charge in [-0.3, -0.25) is 0 Å². The summed E-state index contributed by atoms with van der Waals surface area (Å²) >= 11 is 1.53. The first-order chi connectivity index (χ1) is 8.84. The molecule has 2 nitrogen and oxygen atoms in total. The molecule has 0 amide bonds. The van der Waals surface area contributed by atoms with E-state index < -0.39 is 6.10 Å². The van der Waals surface area contributed by atoms with Crippen LogP contribution in [0.3, 0.4) is 0 Å². The molecule has 0 saturated carbocycles. The number of rotatable bonds is 3. The fourth-order valence-electron chi connectivity index (χ4n) is 1.86. The van der Waals surface area contributed by atoms with Crippen LogP contribution in [0.15, 0.2) is 60.8 Å². The molecule has 18 heavy (non-hydrogen) atoms. The Labute approximate surface area is 110 Å². The molecule has 0 fully saturated rings. The molecule has 3 rings (SSSR count). The number of hydrogen-bond acceptors (Lipinski definition) is 3. The van der Waals surface area contributed by atoms with Crippen molar-refractivity contribution in [2.24, 2.45) is 0 Å². The molecule has 2 aromatic carbocycles. The van der Waals surface area contributed by atoms with Gasteiger partial charge in [-0.1, -0.05) is 30.3 Å². The SMILES string of the molecule is OC(c1cc[cH-]c1)c1cnc(-c2ccccc2)s1. The third-order valence-electron chi connectivity index (χ3n) is 2.82. The van der Waals surface area contributed by atoms with Crippen molar-refractivity contribution < 1.29 is 5.11 Å². The molecule has 3 heteroatoms. The molecule has 0 bridgehead atoms. The molecule has 1 unspecified atom stereocenters. The molecule has 1 atom stereocenters. The second-order valence-corrected chi connectivity index (χ2v) is 5.12. The molecule has 1 heterocycles. The highest BCUT2D eigenvalue weighted by atomic mass is 32.1. The van der Waals surface area contributed by atoms with Gasteiger partial charge in [0.05, 0.1) is 6.10 Å². The summed E-state index contributed by atoms with van der Waals surface area (Å²) in [5.74, 6) is 0. The number of benzene rings is 1. The molecule has 0 aliphatic carbocycles. The predicted molar refractivity (Wildman–Crippen MR) is 73.6 cm³/mol. The van der Waals surface area contributed by atoms with E-state index in [0.717, 1.165) is 21.0 Å². The summed E-state index contributed by atoms with van der Waals surface area (Å²) in [4.78, 5) is 5.25. The van der Waals surface area contributed by atoms with Crippen LogP contribution in [0, 0.1) is 0 Å². The van der Waals surface area contributed by atoms with E-state index in [4.69, 9.17) is 0 Å². The van der Waals surface area contributed by atoms with Crippen molar-refractivity contribution in [1.29, 1.82) is 0 Å². The number of aliphatic hydroxyl groups is 1. The van der Waals surface area contributed by atoms with Crippen molar-refractivity contribution in [2.75, 3.05) is 0 Å². The lowest BCUT2D eigenvalue weighted by molar-refractivity contribution is 0.224. The second kappa shape index (κ2) is 4.80. The third kappa shape index (κ3) is 2.10. The highest BCUT2D eigenvalue weighted by Gasteiger charge is 2.10. The van der Waals surface area contributed by atoms with Crippen LogP contribution in [-0.2, 0) is 0 Å². The first-order valence-electron chi connectivity index (χ1n) is 5.75. The van der Waals surface area contributed by atoms with E-state index in [0.29, 0.717) is 0 Å². The molecule has 0 aliphatic rings. The van der Waals surface area contributed by atoms with E-state index in [1.807, 2.05) is 54.6 Å². The average Bonchev–Trinajstić information content (AvgIpc) is 3.10. The van der Waals surface area contributed by atoms with Crippen LogP contribution >= 0.6 is 11.3 Å². The van der Waals surface area contributed by atoms with E-state index in [2.05, 4.69) is 4.98 Å². The van der Waals surface area contributed by atoms with Gasteiger partial charge in [-0.25, -0.2) is 11.1 Å². The van der Waals surface area contributed by atoms with Gasteiger partial charge in [0.25, 0.3) is 0 Å². The van der Waals surface area contributed by atoms with Crippen LogP contribution in [0.1, 0.15) is 16.5 Å². The number of thiazole rings is 1. The van der Waals surface area contributed by atoms with Crippen LogP contribution in [0.5, 0.6) is 0 Å². The average molecular weight is 254 g/mol. The number of aromatic nitrogens is 1. The van der Waals surface area contributed by atoms with Gasteiger partial charge in [0, 0.05) is 16.6 Å². The maximum absolute atomic E-state index is 10.2. The van der Waals surface area contributed by atoms with Gasteiger partial charge >= 0.3 is 0 Å². The minimum atomic E-state index is -0.574. The Balaban J connectivity index is 1.90. The van der Waals surface area contributed by atoms with E-state index in [1.165, 1.54) is 11.3 Å². The molecular formula is C15H12NOS-. The molecule has 0 spiro atoms. The fourth-order valence-corrected chi connectivity index (χ4v) is 2.80. The zero-order valence-electron chi connectivity index (χ0n) is 9.65. The van der Waals surface area contributed by atoms with Crippen LogP contribution in [0.4, 0.5) is 0 Å². The zero-order valence-corrected chi connectivity index (χ0v) is 10.5. The highest BCUT2D eigenvalue weighted by molar-refractivity contribution is 7.15. The van der Waals surface area contributed by atoms with E-state index in [-0.39, 0.29) is 0 Å².